The standard InChI is InChI=1S/C15H15N3O/c1-12-4-2-6-14(18-12)11-19-15-8-13(5-3-7-16)9-17-10-15/h2,4,6,8-10H,7,11,16H2,1H3. The van der Waals surface area contributed by atoms with E-state index in [0.29, 0.717) is 18.9 Å². The molecule has 0 aliphatic heterocycles. The summed E-state index contributed by atoms with van der Waals surface area (Å²) >= 11 is 0. The number of ether oxygens (including phenoxy) is 1. The lowest BCUT2D eigenvalue weighted by Gasteiger charge is -2.06. The van der Waals surface area contributed by atoms with Crippen molar-refractivity contribution in [3.05, 3.63) is 53.6 Å². The molecule has 96 valence electrons. The number of aromatic nitrogens is 2. The van der Waals surface area contributed by atoms with Gasteiger partial charge in [0.15, 0.2) is 0 Å². The number of rotatable bonds is 3. The summed E-state index contributed by atoms with van der Waals surface area (Å²) < 4.78 is 5.64. The van der Waals surface area contributed by atoms with Gasteiger partial charge in [0.2, 0.25) is 0 Å². The van der Waals surface area contributed by atoms with E-state index in [9.17, 15) is 0 Å². The van der Waals surface area contributed by atoms with E-state index >= 15 is 0 Å². The van der Waals surface area contributed by atoms with E-state index in [-0.39, 0.29) is 0 Å². The van der Waals surface area contributed by atoms with Crippen LogP contribution in [0, 0.1) is 18.8 Å². The minimum Gasteiger partial charge on any atom is -0.486 e. The minimum atomic E-state index is 0.332. The second kappa shape index (κ2) is 6.53. The Kier molecular flexibility index (Phi) is 4.49. The maximum absolute atomic E-state index is 5.64. The highest BCUT2D eigenvalue weighted by Gasteiger charge is 1.99. The van der Waals surface area contributed by atoms with Gasteiger partial charge in [-0.15, -0.1) is 0 Å². The van der Waals surface area contributed by atoms with E-state index < -0.39 is 0 Å². The molecular formula is C15H15N3O. The van der Waals surface area contributed by atoms with Crippen molar-refractivity contribution in [1.29, 1.82) is 0 Å². The van der Waals surface area contributed by atoms with Crippen LogP contribution in [0.15, 0.2) is 36.7 Å². The van der Waals surface area contributed by atoms with E-state index in [1.54, 1.807) is 12.4 Å². The van der Waals surface area contributed by atoms with E-state index in [0.717, 1.165) is 17.0 Å². The van der Waals surface area contributed by atoms with E-state index in [1.165, 1.54) is 0 Å². The van der Waals surface area contributed by atoms with Crippen molar-refractivity contribution in [2.75, 3.05) is 6.54 Å². The molecule has 0 fully saturated rings. The molecule has 0 unspecified atom stereocenters. The van der Waals surface area contributed by atoms with Crippen molar-refractivity contribution in [1.82, 2.24) is 9.97 Å². The molecule has 2 aromatic rings. The summed E-state index contributed by atoms with van der Waals surface area (Å²) in [5, 5.41) is 0. The molecule has 0 amide bonds. The largest absolute Gasteiger partial charge is 0.486 e. The zero-order valence-corrected chi connectivity index (χ0v) is 10.8. The van der Waals surface area contributed by atoms with E-state index in [2.05, 4.69) is 21.8 Å². The fraction of sp³-hybridized carbons (Fsp3) is 0.200. The van der Waals surface area contributed by atoms with Crippen LogP contribution in [0.25, 0.3) is 0 Å². The fourth-order valence-corrected chi connectivity index (χ4v) is 1.56. The van der Waals surface area contributed by atoms with Crippen LogP contribution in [0.1, 0.15) is 17.0 Å². The molecule has 2 heterocycles. The Hall–Kier alpha value is -2.38. The van der Waals surface area contributed by atoms with Crippen LogP contribution in [0.3, 0.4) is 0 Å². The van der Waals surface area contributed by atoms with Gasteiger partial charge in [-0.1, -0.05) is 17.9 Å². The average Bonchev–Trinajstić information content (AvgIpc) is 2.43. The summed E-state index contributed by atoms with van der Waals surface area (Å²) in [5.74, 6) is 6.38. The summed E-state index contributed by atoms with van der Waals surface area (Å²) in [6.45, 7) is 2.70. The van der Waals surface area contributed by atoms with Crippen molar-refractivity contribution in [2.24, 2.45) is 5.73 Å². The second-order valence-corrected chi connectivity index (χ2v) is 3.97. The number of hydrogen-bond donors (Lipinski definition) is 1. The Morgan fingerprint density at radius 1 is 1.32 bits per heavy atom. The highest BCUT2D eigenvalue weighted by molar-refractivity contribution is 5.36. The minimum absolute atomic E-state index is 0.332. The lowest BCUT2D eigenvalue weighted by Crippen LogP contribution is -1.99. The molecule has 0 spiro atoms. The lowest BCUT2D eigenvalue weighted by molar-refractivity contribution is 0.300. The number of nitrogens with zero attached hydrogens (tertiary/aromatic N) is 2. The molecule has 0 saturated heterocycles. The molecule has 19 heavy (non-hydrogen) atoms. The van der Waals surface area contributed by atoms with Crippen LogP contribution >= 0.6 is 0 Å². The van der Waals surface area contributed by atoms with Crippen molar-refractivity contribution < 1.29 is 4.74 Å². The van der Waals surface area contributed by atoms with Crippen LogP contribution in [0.5, 0.6) is 5.75 Å². The lowest BCUT2D eigenvalue weighted by atomic mass is 10.3. The predicted octanol–water partition coefficient (Wildman–Crippen LogP) is 1.67. The van der Waals surface area contributed by atoms with Crippen molar-refractivity contribution >= 4 is 0 Å². The first kappa shape index (κ1) is 13.1. The normalized spacial score (nSPS) is 9.58. The molecule has 2 rings (SSSR count). The molecule has 0 atom stereocenters. The Morgan fingerprint density at radius 2 is 2.21 bits per heavy atom. The van der Waals surface area contributed by atoms with Gasteiger partial charge in [0.25, 0.3) is 0 Å². The second-order valence-electron chi connectivity index (χ2n) is 3.97. The third-order valence-electron chi connectivity index (χ3n) is 2.38. The number of nitrogens with two attached hydrogens (primary N) is 1. The van der Waals surface area contributed by atoms with E-state index in [1.807, 2.05) is 31.2 Å². The van der Waals surface area contributed by atoms with Crippen LogP contribution in [0.2, 0.25) is 0 Å². The monoisotopic (exact) mass is 253 g/mol. The maximum Gasteiger partial charge on any atom is 0.139 e. The van der Waals surface area contributed by atoms with Gasteiger partial charge in [0.1, 0.15) is 12.4 Å². The zero-order valence-electron chi connectivity index (χ0n) is 10.8. The molecule has 0 radical (unpaired) electrons. The highest BCUT2D eigenvalue weighted by atomic mass is 16.5. The molecule has 0 bridgehead atoms. The summed E-state index contributed by atoms with van der Waals surface area (Å²) in [6, 6.07) is 7.68. The van der Waals surface area contributed by atoms with Crippen LogP contribution in [-0.2, 0) is 6.61 Å². The van der Waals surface area contributed by atoms with Crippen LogP contribution in [-0.4, -0.2) is 16.5 Å². The molecule has 2 N–H and O–H groups in total. The third kappa shape index (κ3) is 4.09. The third-order valence-corrected chi connectivity index (χ3v) is 2.38. The van der Waals surface area contributed by atoms with Gasteiger partial charge in [0.05, 0.1) is 18.4 Å². The summed E-state index contributed by atoms with van der Waals surface area (Å²) in [5.41, 5.74) is 7.98. The molecular weight excluding hydrogens is 238 g/mol. The van der Waals surface area contributed by atoms with Gasteiger partial charge in [-0.25, -0.2) is 0 Å². The number of hydrogen-bond acceptors (Lipinski definition) is 4. The Bertz CT molecular complexity index is 614. The van der Waals surface area contributed by atoms with Gasteiger partial charge >= 0.3 is 0 Å². The predicted molar refractivity (Wildman–Crippen MR) is 73.5 cm³/mol. The fourth-order valence-electron chi connectivity index (χ4n) is 1.56. The van der Waals surface area contributed by atoms with Gasteiger partial charge < -0.3 is 10.5 Å². The molecule has 0 aliphatic carbocycles. The van der Waals surface area contributed by atoms with E-state index in [4.69, 9.17) is 10.5 Å². The SMILES string of the molecule is Cc1cccc(COc2cncc(C#CCN)c2)n1. The molecule has 0 saturated carbocycles. The first-order valence-electron chi connectivity index (χ1n) is 5.97. The quantitative estimate of drug-likeness (QED) is 0.845. The summed E-state index contributed by atoms with van der Waals surface area (Å²) in [7, 11) is 0. The Labute approximate surface area is 112 Å². The number of pyridine rings is 2. The van der Waals surface area contributed by atoms with Crippen LogP contribution in [0.4, 0.5) is 0 Å². The molecule has 4 nitrogen and oxygen atoms in total. The number of aryl methyl sites for hydroxylation is 1. The van der Waals surface area contributed by atoms with Crippen molar-refractivity contribution in [3.8, 4) is 17.6 Å². The van der Waals surface area contributed by atoms with Crippen molar-refractivity contribution in [2.45, 2.75) is 13.5 Å². The summed E-state index contributed by atoms with van der Waals surface area (Å²) in [4.78, 5) is 8.45. The topological polar surface area (TPSA) is 61.0 Å². The first-order chi connectivity index (χ1) is 9.28. The molecule has 4 heteroatoms. The van der Waals surface area contributed by atoms with Gasteiger partial charge in [0, 0.05) is 17.5 Å². The Morgan fingerprint density at radius 3 is 3.00 bits per heavy atom. The van der Waals surface area contributed by atoms with Crippen LogP contribution < -0.4 is 10.5 Å². The van der Waals surface area contributed by atoms with Gasteiger partial charge in [-0.2, -0.15) is 0 Å². The molecule has 2 aromatic heterocycles. The zero-order chi connectivity index (χ0) is 13.5. The van der Waals surface area contributed by atoms with Gasteiger partial charge in [-0.05, 0) is 25.1 Å². The first-order valence-corrected chi connectivity index (χ1v) is 5.97. The maximum atomic E-state index is 5.64. The highest BCUT2D eigenvalue weighted by Crippen LogP contribution is 2.12. The molecule has 0 aliphatic rings. The van der Waals surface area contributed by atoms with Gasteiger partial charge in [-0.3, -0.25) is 9.97 Å². The molecule has 0 aromatic carbocycles. The Balaban J connectivity index is 2.03. The smallest absolute Gasteiger partial charge is 0.139 e. The average molecular weight is 253 g/mol. The van der Waals surface area contributed by atoms with Crippen molar-refractivity contribution in [3.63, 3.8) is 0 Å². The summed E-state index contributed by atoms with van der Waals surface area (Å²) in [6.07, 6.45) is 3.34.